The molecule has 0 bridgehead atoms. The van der Waals surface area contributed by atoms with Gasteiger partial charge >= 0.3 is 0 Å². The first kappa shape index (κ1) is 14.3. The molecule has 2 aromatic heterocycles. The van der Waals surface area contributed by atoms with Gasteiger partial charge in [-0.25, -0.2) is 0 Å². The molecule has 1 N–H and O–H groups in total. The van der Waals surface area contributed by atoms with Crippen LogP contribution in [0, 0.1) is 6.92 Å². The molecule has 0 saturated heterocycles. The summed E-state index contributed by atoms with van der Waals surface area (Å²) in [6.45, 7) is 9.16. The maximum Gasteiger partial charge on any atom is 0.127 e. The molecule has 104 valence electrons. The number of nitrogens with zero attached hydrogens (tertiary/aromatic N) is 2. The van der Waals surface area contributed by atoms with Crippen LogP contribution in [0.2, 0.25) is 0 Å². The van der Waals surface area contributed by atoms with Crippen molar-refractivity contribution in [2.75, 3.05) is 6.54 Å². The number of furan rings is 1. The van der Waals surface area contributed by atoms with Crippen LogP contribution in [-0.4, -0.2) is 16.3 Å². The topological polar surface area (TPSA) is 43.0 Å². The number of aryl methyl sites for hydroxylation is 1. The van der Waals surface area contributed by atoms with Crippen LogP contribution < -0.4 is 5.32 Å². The molecule has 1 unspecified atom stereocenters. The third-order valence-corrected chi connectivity index (χ3v) is 3.61. The van der Waals surface area contributed by atoms with Gasteiger partial charge in [-0.3, -0.25) is 4.68 Å². The fourth-order valence-electron chi connectivity index (χ4n) is 2.18. The number of rotatable bonds is 5. The Balaban J connectivity index is 2.47. The van der Waals surface area contributed by atoms with Crippen LogP contribution in [-0.2, 0) is 0 Å². The van der Waals surface area contributed by atoms with E-state index in [0.29, 0.717) is 6.04 Å². The predicted molar refractivity (Wildman–Crippen MR) is 79.3 cm³/mol. The van der Waals surface area contributed by atoms with Crippen molar-refractivity contribution in [1.82, 2.24) is 15.1 Å². The summed E-state index contributed by atoms with van der Waals surface area (Å²) in [7, 11) is 0. The summed E-state index contributed by atoms with van der Waals surface area (Å²) in [6.07, 6.45) is 1.84. The van der Waals surface area contributed by atoms with Crippen LogP contribution in [0.5, 0.6) is 0 Å². The van der Waals surface area contributed by atoms with E-state index in [-0.39, 0.29) is 6.04 Å². The number of aromatic nitrogens is 2. The minimum atomic E-state index is 0.0120. The molecule has 0 saturated carbocycles. The molecular weight excluding hydrogens is 306 g/mol. The number of hydrogen-bond acceptors (Lipinski definition) is 3. The van der Waals surface area contributed by atoms with Gasteiger partial charge in [0.1, 0.15) is 17.6 Å². The lowest BCUT2D eigenvalue weighted by Gasteiger charge is -2.20. The van der Waals surface area contributed by atoms with E-state index < -0.39 is 0 Å². The van der Waals surface area contributed by atoms with E-state index >= 15 is 0 Å². The lowest BCUT2D eigenvalue weighted by Crippen LogP contribution is -2.25. The monoisotopic (exact) mass is 325 g/mol. The minimum Gasteiger partial charge on any atom is -0.464 e. The fourth-order valence-corrected chi connectivity index (χ4v) is 2.68. The van der Waals surface area contributed by atoms with Crippen molar-refractivity contribution < 1.29 is 4.42 Å². The Bertz CT molecular complexity index is 545. The van der Waals surface area contributed by atoms with E-state index in [9.17, 15) is 0 Å². The lowest BCUT2D eigenvalue weighted by molar-refractivity contribution is 0.405. The van der Waals surface area contributed by atoms with E-state index in [2.05, 4.69) is 47.1 Å². The first-order chi connectivity index (χ1) is 9.04. The van der Waals surface area contributed by atoms with Crippen molar-refractivity contribution in [1.29, 1.82) is 0 Å². The smallest absolute Gasteiger partial charge is 0.127 e. The summed E-state index contributed by atoms with van der Waals surface area (Å²) < 4.78 is 8.81. The van der Waals surface area contributed by atoms with Gasteiger partial charge in [0.2, 0.25) is 0 Å². The van der Waals surface area contributed by atoms with Gasteiger partial charge in [-0.2, -0.15) is 5.10 Å². The largest absolute Gasteiger partial charge is 0.464 e. The van der Waals surface area contributed by atoms with Crippen LogP contribution in [0.25, 0.3) is 0 Å². The van der Waals surface area contributed by atoms with Gasteiger partial charge in [-0.1, -0.05) is 6.92 Å². The number of halogens is 1. The molecular formula is C14H20BrN3O. The summed E-state index contributed by atoms with van der Waals surface area (Å²) in [5.74, 6) is 1.84. The van der Waals surface area contributed by atoms with E-state index in [1.54, 1.807) is 0 Å². The van der Waals surface area contributed by atoms with Gasteiger partial charge in [-0.05, 0) is 55.4 Å². The second-order valence-electron chi connectivity index (χ2n) is 4.86. The second-order valence-corrected chi connectivity index (χ2v) is 5.71. The van der Waals surface area contributed by atoms with Crippen LogP contribution in [0.4, 0.5) is 0 Å². The molecule has 0 aliphatic heterocycles. The predicted octanol–water partition coefficient (Wildman–Crippen LogP) is 3.83. The van der Waals surface area contributed by atoms with Gasteiger partial charge < -0.3 is 9.73 Å². The van der Waals surface area contributed by atoms with Crippen molar-refractivity contribution in [3.8, 4) is 0 Å². The van der Waals surface area contributed by atoms with E-state index in [1.807, 2.05) is 29.9 Å². The Kier molecular flexibility index (Phi) is 4.47. The SMILES string of the molecule is CCNC(c1ccc(C)o1)c1c(Br)cnn1C(C)C. The van der Waals surface area contributed by atoms with Gasteiger partial charge in [0, 0.05) is 6.04 Å². The van der Waals surface area contributed by atoms with Crippen molar-refractivity contribution >= 4 is 15.9 Å². The van der Waals surface area contributed by atoms with E-state index in [4.69, 9.17) is 4.42 Å². The quantitative estimate of drug-likeness (QED) is 0.908. The molecule has 0 aliphatic rings. The zero-order chi connectivity index (χ0) is 14.0. The molecule has 2 rings (SSSR count). The zero-order valence-corrected chi connectivity index (χ0v) is 13.4. The zero-order valence-electron chi connectivity index (χ0n) is 11.8. The van der Waals surface area contributed by atoms with Crippen LogP contribution in [0.1, 0.15) is 50.1 Å². The first-order valence-electron chi connectivity index (χ1n) is 6.57. The third-order valence-electron chi connectivity index (χ3n) is 3.00. The molecule has 0 radical (unpaired) electrons. The molecule has 0 fully saturated rings. The number of hydrogen-bond donors (Lipinski definition) is 1. The third kappa shape index (κ3) is 2.92. The molecule has 0 aromatic carbocycles. The van der Waals surface area contributed by atoms with Gasteiger partial charge in [0.05, 0.1) is 16.4 Å². The van der Waals surface area contributed by atoms with Crippen molar-refractivity contribution in [2.24, 2.45) is 0 Å². The second kappa shape index (κ2) is 5.92. The highest BCUT2D eigenvalue weighted by atomic mass is 79.9. The molecule has 2 aromatic rings. The lowest BCUT2D eigenvalue weighted by atomic mass is 10.1. The standard InChI is InChI=1S/C14H20BrN3O/c1-5-16-13(12-7-6-10(4)19-12)14-11(15)8-17-18(14)9(2)3/h6-9,13,16H,5H2,1-4H3. The molecule has 2 heterocycles. The Morgan fingerprint density at radius 2 is 2.16 bits per heavy atom. The van der Waals surface area contributed by atoms with E-state index in [0.717, 1.165) is 28.2 Å². The van der Waals surface area contributed by atoms with Gasteiger partial charge in [0.15, 0.2) is 0 Å². The van der Waals surface area contributed by atoms with Crippen molar-refractivity contribution in [3.05, 3.63) is 40.0 Å². The normalized spacial score (nSPS) is 13.2. The molecule has 0 amide bonds. The minimum absolute atomic E-state index is 0.0120. The average molecular weight is 326 g/mol. The maximum absolute atomic E-state index is 5.79. The highest BCUT2D eigenvalue weighted by molar-refractivity contribution is 9.10. The summed E-state index contributed by atoms with van der Waals surface area (Å²) in [6, 6.07) is 4.33. The van der Waals surface area contributed by atoms with Gasteiger partial charge in [0.25, 0.3) is 0 Å². The Labute approximate surface area is 122 Å². The van der Waals surface area contributed by atoms with Crippen molar-refractivity contribution in [2.45, 2.75) is 39.8 Å². The molecule has 5 heteroatoms. The maximum atomic E-state index is 5.79. The molecule has 4 nitrogen and oxygen atoms in total. The van der Waals surface area contributed by atoms with Gasteiger partial charge in [-0.15, -0.1) is 0 Å². The van der Waals surface area contributed by atoms with Crippen LogP contribution in [0.3, 0.4) is 0 Å². The fraction of sp³-hybridized carbons (Fsp3) is 0.500. The summed E-state index contributed by atoms with van der Waals surface area (Å²) in [5, 5.41) is 7.90. The average Bonchev–Trinajstić information content (AvgIpc) is 2.93. The highest BCUT2D eigenvalue weighted by Crippen LogP contribution is 2.31. The van der Waals surface area contributed by atoms with Crippen LogP contribution >= 0.6 is 15.9 Å². The summed E-state index contributed by atoms with van der Waals surface area (Å²) in [4.78, 5) is 0. The highest BCUT2D eigenvalue weighted by Gasteiger charge is 2.24. The summed E-state index contributed by atoms with van der Waals surface area (Å²) >= 11 is 3.60. The molecule has 19 heavy (non-hydrogen) atoms. The van der Waals surface area contributed by atoms with Crippen molar-refractivity contribution in [3.63, 3.8) is 0 Å². The molecule has 1 atom stereocenters. The molecule has 0 spiro atoms. The van der Waals surface area contributed by atoms with Crippen LogP contribution in [0.15, 0.2) is 27.2 Å². The van der Waals surface area contributed by atoms with E-state index in [1.165, 1.54) is 0 Å². The first-order valence-corrected chi connectivity index (χ1v) is 7.36. The molecule has 0 aliphatic carbocycles. The number of nitrogens with one attached hydrogen (secondary N) is 1. The summed E-state index contributed by atoms with van der Waals surface area (Å²) in [5.41, 5.74) is 1.10. The Morgan fingerprint density at radius 1 is 1.42 bits per heavy atom. The Hall–Kier alpha value is -1.07. The Morgan fingerprint density at radius 3 is 2.68 bits per heavy atom.